The maximum atomic E-state index is 11.2. The van der Waals surface area contributed by atoms with Gasteiger partial charge in [-0.1, -0.05) is 38.1 Å². The van der Waals surface area contributed by atoms with Crippen molar-refractivity contribution in [3.05, 3.63) is 35.7 Å². The highest BCUT2D eigenvalue weighted by Crippen LogP contribution is 2.29. The Labute approximate surface area is 136 Å². The number of aromatic nitrogens is 4. The van der Waals surface area contributed by atoms with E-state index in [1.54, 1.807) is 13.8 Å². The zero-order valence-electron chi connectivity index (χ0n) is 14.3. The number of nitrogens with zero attached hydrogens (tertiary/aromatic N) is 4. The van der Waals surface area contributed by atoms with Crippen molar-refractivity contribution in [3.63, 3.8) is 0 Å². The third kappa shape index (κ3) is 4.55. The van der Waals surface area contributed by atoms with Crippen molar-refractivity contribution in [2.45, 2.75) is 52.5 Å². The molecule has 6 heteroatoms. The van der Waals surface area contributed by atoms with E-state index in [1.165, 1.54) is 5.56 Å². The highest BCUT2D eigenvalue weighted by atomic mass is 16.1. The molecule has 1 amide bonds. The van der Waals surface area contributed by atoms with E-state index in [9.17, 15) is 4.79 Å². The van der Waals surface area contributed by atoms with Gasteiger partial charge in [-0.2, -0.15) is 0 Å². The molecule has 2 aromatic rings. The number of nitrogens with one attached hydrogen (secondary N) is 1. The van der Waals surface area contributed by atoms with Gasteiger partial charge in [0.2, 0.25) is 11.7 Å². The van der Waals surface area contributed by atoms with E-state index >= 15 is 0 Å². The third-order valence-corrected chi connectivity index (χ3v) is 3.77. The summed E-state index contributed by atoms with van der Waals surface area (Å²) in [6.45, 7) is 9.67. The number of rotatable bonds is 5. The summed E-state index contributed by atoms with van der Waals surface area (Å²) in [5.41, 5.74) is 2.04. The van der Waals surface area contributed by atoms with Crippen LogP contribution < -0.4 is 5.32 Å². The lowest BCUT2D eigenvalue weighted by atomic mass is 9.79. The number of carbonyl (C=O) groups excluding carboxylic acids is 1. The van der Waals surface area contributed by atoms with Crippen LogP contribution in [0.15, 0.2) is 24.3 Å². The molecule has 0 fully saturated rings. The molecule has 0 aliphatic heterocycles. The summed E-state index contributed by atoms with van der Waals surface area (Å²) in [4.78, 5) is 11.2. The van der Waals surface area contributed by atoms with Crippen LogP contribution in [0.2, 0.25) is 0 Å². The van der Waals surface area contributed by atoms with Crippen molar-refractivity contribution in [1.82, 2.24) is 25.7 Å². The Morgan fingerprint density at radius 3 is 2.22 bits per heavy atom. The first-order valence-corrected chi connectivity index (χ1v) is 7.70. The molecule has 2 rings (SSSR count). The second-order valence-electron chi connectivity index (χ2n) is 6.54. The third-order valence-electron chi connectivity index (χ3n) is 3.77. The summed E-state index contributed by atoms with van der Waals surface area (Å²) in [6.07, 6.45) is 0.857. The van der Waals surface area contributed by atoms with Crippen LogP contribution in [0.5, 0.6) is 0 Å². The minimum absolute atomic E-state index is 0.000155. The summed E-state index contributed by atoms with van der Waals surface area (Å²) in [5, 5.41) is 18.9. The molecule has 0 bridgehead atoms. The molecule has 1 heterocycles. The monoisotopic (exact) mass is 313 g/mol. The van der Waals surface area contributed by atoms with E-state index in [1.807, 2.05) is 19.1 Å². The van der Waals surface area contributed by atoms with Crippen molar-refractivity contribution < 1.29 is 4.79 Å². The first kappa shape index (κ1) is 17.0. The molecular weight excluding hydrogens is 290 g/mol. The SMILES string of the molecule is CC(=O)NC(C)CC(C)(C)c1ccc(-c2nnc(C)nn2)cc1. The molecule has 0 radical (unpaired) electrons. The van der Waals surface area contributed by atoms with Crippen molar-refractivity contribution in [2.24, 2.45) is 0 Å². The molecule has 122 valence electrons. The Kier molecular flexibility index (Phi) is 5.03. The Balaban J connectivity index is 2.14. The second kappa shape index (κ2) is 6.81. The highest BCUT2D eigenvalue weighted by Gasteiger charge is 2.24. The predicted octanol–water partition coefficient (Wildman–Crippen LogP) is 2.43. The zero-order valence-corrected chi connectivity index (χ0v) is 14.3. The van der Waals surface area contributed by atoms with Crippen LogP contribution in [0, 0.1) is 6.92 Å². The van der Waals surface area contributed by atoms with Gasteiger partial charge < -0.3 is 5.32 Å². The molecule has 23 heavy (non-hydrogen) atoms. The average Bonchev–Trinajstić information content (AvgIpc) is 2.46. The summed E-state index contributed by atoms with van der Waals surface area (Å²) < 4.78 is 0. The minimum atomic E-state index is -0.0506. The van der Waals surface area contributed by atoms with Crippen molar-refractivity contribution in [2.75, 3.05) is 0 Å². The van der Waals surface area contributed by atoms with E-state index in [-0.39, 0.29) is 17.4 Å². The van der Waals surface area contributed by atoms with E-state index < -0.39 is 0 Å². The Morgan fingerprint density at radius 2 is 1.70 bits per heavy atom. The van der Waals surface area contributed by atoms with Crippen molar-refractivity contribution >= 4 is 5.91 Å². The van der Waals surface area contributed by atoms with Crippen LogP contribution in [-0.4, -0.2) is 32.3 Å². The van der Waals surface area contributed by atoms with Gasteiger partial charge in [0.25, 0.3) is 0 Å². The second-order valence-corrected chi connectivity index (χ2v) is 6.54. The van der Waals surface area contributed by atoms with Gasteiger partial charge >= 0.3 is 0 Å². The van der Waals surface area contributed by atoms with Crippen LogP contribution in [0.3, 0.4) is 0 Å². The normalized spacial score (nSPS) is 12.7. The Morgan fingerprint density at radius 1 is 1.13 bits per heavy atom. The lowest BCUT2D eigenvalue weighted by Crippen LogP contribution is -2.35. The molecule has 1 unspecified atom stereocenters. The fraction of sp³-hybridized carbons (Fsp3) is 0.471. The van der Waals surface area contributed by atoms with Crippen LogP contribution >= 0.6 is 0 Å². The topological polar surface area (TPSA) is 80.7 Å². The Bertz CT molecular complexity index is 664. The molecule has 0 spiro atoms. The average molecular weight is 313 g/mol. The Hall–Kier alpha value is -2.37. The maximum absolute atomic E-state index is 11.2. The summed E-state index contributed by atoms with van der Waals surface area (Å²) >= 11 is 0. The molecule has 0 aliphatic rings. The number of carbonyl (C=O) groups is 1. The maximum Gasteiger partial charge on any atom is 0.217 e. The quantitative estimate of drug-likeness (QED) is 0.917. The van der Waals surface area contributed by atoms with Gasteiger partial charge in [-0.3, -0.25) is 4.79 Å². The molecule has 0 aliphatic carbocycles. The number of hydrogen-bond acceptors (Lipinski definition) is 5. The molecule has 0 saturated carbocycles. The number of amides is 1. The molecule has 1 atom stereocenters. The summed E-state index contributed by atoms with van der Waals surface area (Å²) in [7, 11) is 0. The highest BCUT2D eigenvalue weighted by molar-refractivity contribution is 5.73. The minimum Gasteiger partial charge on any atom is -0.354 e. The van der Waals surface area contributed by atoms with E-state index in [0.29, 0.717) is 11.6 Å². The number of hydrogen-bond donors (Lipinski definition) is 1. The van der Waals surface area contributed by atoms with Gasteiger partial charge in [-0.25, -0.2) is 0 Å². The molecule has 1 aromatic heterocycles. The van der Waals surface area contributed by atoms with Crippen LogP contribution in [0.4, 0.5) is 0 Å². The molecule has 6 nitrogen and oxygen atoms in total. The fourth-order valence-electron chi connectivity index (χ4n) is 2.75. The lowest BCUT2D eigenvalue weighted by Gasteiger charge is -2.29. The molecular formula is C17H23N5O. The van der Waals surface area contributed by atoms with Gasteiger partial charge in [0.05, 0.1) is 0 Å². The van der Waals surface area contributed by atoms with Gasteiger partial charge in [0, 0.05) is 18.5 Å². The first-order chi connectivity index (χ1) is 10.8. The first-order valence-electron chi connectivity index (χ1n) is 7.70. The summed E-state index contributed by atoms with van der Waals surface area (Å²) in [6, 6.07) is 8.22. The van der Waals surface area contributed by atoms with Crippen LogP contribution in [-0.2, 0) is 10.2 Å². The van der Waals surface area contributed by atoms with E-state index in [4.69, 9.17) is 0 Å². The number of aryl methyl sites for hydroxylation is 1. The van der Waals surface area contributed by atoms with Crippen molar-refractivity contribution in [1.29, 1.82) is 0 Å². The van der Waals surface area contributed by atoms with E-state index in [0.717, 1.165) is 12.0 Å². The largest absolute Gasteiger partial charge is 0.354 e. The van der Waals surface area contributed by atoms with Crippen LogP contribution in [0.25, 0.3) is 11.4 Å². The predicted molar refractivity (Wildman–Crippen MR) is 88.7 cm³/mol. The molecule has 0 saturated heterocycles. The van der Waals surface area contributed by atoms with Gasteiger partial charge in [0.15, 0.2) is 5.82 Å². The van der Waals surface area contributed by atoms with E-state index in [2.05, 4.69) is 51.7 Å². The molecule has 1 aromatic carbocycles. The smallest absolute Gasteiger partial charge is 0.217 e. The van der Waals surface area contributed by atoms with Crippen LogP contribution in [0.1, 0.15) is 45.5 Å². The van der Waals surface area contributed by atoms with Crippen molar-refractivity contribution in [3.8, 4) is 11.4 Å². The van der Waals surface area contributed by atoms with Gasteiger partial charge in [-0.05, 0) is 31.2 Å². The molecule has 1 N–H and O–H groups in total. The standard InChI is InChI=1S/C17H23N5O/c1-11(18-13(3)23)10-17(4,5)15-8-6-14(7-9-15)16-21-19-12(2)20-22-16/h6-9,11H,10H2,1-5H3,(H,18,23). The summed E-state index contributed by atoms with van der Waals surface area (Å²) in [5.74, 6) is 1.07. The van der Waals surface area contributed by atoms with Gasteiger partial charge in [-0.15, -0.1) is 20.4 Å². The number of benzene rings is 1. The lowest BCUT2D eigenvalue weighted by molar-refractivity contribution is -0.119. The van der Waals surface area contributed by atoms with Gasteiger partial charge in [0.1, 0.15) is 0 Å². The fourth-order valence-corrected chi connectivity index (χ4v) is 2.75. The zero-order chi connectivity index (χ0) is 17.0.